The van der Waals surface area contributed by atoms with Crippen molar-refractivity contribution >= 4 is 66.7 Å². The van der Waals surface area contributed by atoms with Crippen LogP contribution in [0.4, 0.5) is 11.5 Å². The van der Waals surface area contributed by atoms with Crippen LogP contribution in [0.1, 0.15) is 11.1 Å². The second kappa shape index (κ2) is 5.90. The molecule has 0 saturated carbocycles. The van der Waals surface area contributed by atoms with Crippen molar-refractivity contribution in [2.24, 2.45) is 9.98 Å². The SMILES string of the molecule is Cl/C1=N/c2nc3ccccc3cc2/C(Cl)=N\c2cc3ccccc3cc21. The summed E-state index contributed by atoms with van der Waals surface area (Å²) in [6, 6.07) is 21.8. The summed E-state index contributed by atoms with van der Waals surface area (Å²) in [4.78, 5) is 13.8. The number of aromatic nitrogens is 1. The third-order valence-corrected chi connectivity index (χ3v) is 5.01. The second-order valence-electron chi connectivity index (χ2n) is 6.07. The van der Waals surface area contributed by atoms with Gasteiger partial charge in [-0.2, -0.15) is 0 Å². The van der Waals surface area contributed by atoms with Gasteiger partial charge in [0.2, 0.25) is 0 Å². The summed E-state index contributed by atoms with van der Waals surface area (Å²) in [5, 5.41) is 3.81. The fourth-order valence-electron chi connectivity index (χ4n) is 3.15. The van der Waals surface area contributed by atoms with Gasteiger partial charge < -0.3 is 0 Å². The van der Waals surface area contributed by atoms with Gasteiger partial charge >= 0.3 is 0 Å². The molecule has 3 nitrogen and oxygen atoms in total. The van der Waals surface area contributed by atoms with E-state index in [-0.39, 0.29) is 0 Å². The van der Waals surface area contributed by atoms with E-state index in [4.69, 9.17) is 23.2 Å². The molecular weight excluding hydrogens is 365 g/mol. The molecule has 0 fully saturated rings. The van der Waals surface area contributed by atoms with Gasteiger partial charge in [-0.25, -0.2) is 15.0 Å². The zero-order valence-corrected chi connectivity index (χ0v) is 15.0. The van der Waals surface area contributed by atoms with Crippen LogP contribution in [0.3, 0.4) is 0 Å². The molecule has 0 amide bonds. The first-order chi connectivity index (χ1) is 12.7. The Labute approximate surface area is 159 Å². The molecule has 0 N–H and O–H groups in total. The van der Waals surface area contributed by atoms with Crippen molar-refractivity contribution in [3.05, 3.63) is 77.9 Å². The van der Waals surface area contributed by atoms with E-state index in [1.807, 2.05) is 66.7 Å². The van der Waals surface area contributed by atoms with Gasteiger partial charge in [0.25, 0.3) is 0 Å². The van der Waals surface area contributed by atoms with E-state index in [0.29, 0.717) is 27.4 Å². The largest absolute Gasteiger partial charge is 0.235 e. The summed E-state index contributed by atoms with van der Waals surface area (Å²) in [5.74, 6) is 0.473. The van der Waals surface area contributed by atoms with Crippen molar-refractivity contribution in [1.29, 1.82) is 0 Å². The van der Waals surface area contributed by atoms with Crippen molar-refractivity contribution in [3.8, 4) is 0 Å². The molecule has 4 aromatic rings. The maximum absolute atomic E-state index is 6.55. The highest BCUT2D eigenvalue weighted by atomic mass is 35.5. The molecule has 5 heteroatoms. The Morgan fingerprint density at radius 2 is 1.23 bits per heavy atom. The van der Waals surface area contributed by atoms with Gasteiger partial charge in [0.05, 0.1) is 16.8 Å². The number of benzene rings is 3. The van der Waals surface area contributed by atoms with E-state index >= 15 is 0 Å². The highest BCUT2D eigenvalue weighted by Crippen LogP contribution is 2.34. The Bertz CT molecular complexity index is 1160. The Hall–Kier alpha value is -2.75. The Balaban J connectivity index is 1.82. The Kier molecular flexibility index (Phi) is 3.52. The predicted octanol–water partition coefficient (Wildman–Crippen LogP) is 6.34. The van der Waals surface area contributed by atoms with Crippen LogP contribution in [-0.4, -0.2) is 15.3 Å². The smallest absolute Gasteiger partial charge is 0.164 e. The number of hydrogen-bond acceptors (Lipinski definition) is 3. The first kappa shape index (κ1) is 15.5. The molecule has 0 bridgehead atoms. The molecule has 1 aliphatic heterocycles. The molecule has 26 heavy (non-hydrogen) atoms. The summed E-state index contributed by atoms with van der Waals surface area (Å²) in [6.07, 6.45) is 0. The maximum atomic E-state index is 6.55. The molecule has 1 aliphatic rings. The second-order valence-corrected chi connectivity index (χ2v) is 6.79. The summed E-state index contributed by atoms with van der Waals surface area (Å²) in [6.45, 7) is 0. The van der Waals surface area contributed by atoms with Crippen LogP contribution in [0.15, 0.2) is 76.7 Å². The van der Waals surface area contributed by atoms with Crippen molar-refractivity contribution in [2.75, 3.05) is 0 Å². The molecule has 0 spiro atoms. The normalized spacial score (nSPS) is 17.5. The third kappa shape index (κ3) is 2.48. The highest BCUT2D eigenvalue weighted by Gasteiger charge is 2.18. The van der Waals surface area contributed by atoms with Gasteiger partial charge in [0.15, 0.2) is 5.82 Å². The molecule has 2 heterocycles. The first-order valence-corrected chi connectivity index (χ1v) is 8.86. The lowest BCUT2D eigenvalue weighted by Crippen LogP contribution is -2.02. The molecule has 0 aliphatic carbocycles. The van der Waals surface area contributed by atoms with Crippen LogP contribution in [0.25, 0.3) is 21.7 Å². The van der Waals surface area contributed by atoms with Gasteiger partial charge in [0, 0.05) is 10.9 Å². The minimum absolute atomic E-state index is 0.350. The minimum Gasteiger partial charge on any atom is -0.235 e. The number of hydrogen-bond donors (Lipinski definition) is 0. The Morgan fingerprint density at radius 1 is 0.615 bits per heavy atom. The number of rotatable bonds is 0. The van der Waals surface area contributed by atoms with Crippen LogP contribution in [-0.2, 0) is 0 Å². The van der Waals surface area contributed by atoms with Crippen molar-refractivity contribution in [2.45, 2.75) is 0 Å². The standard InChI is InChI=1S/C21H11Cl2N3/c22-19-15-9-12-5-1-2-6-13(12)11-18(15)24-20(23)16-10-14-7-3-4-8-17(14)25-21(16)26-19/h1-11H/b19-15?,20-16?,24-18?,24-20+,26-19+,26-21?. The van der Waals surface area contributed by atoms with E-state index in [0.717, 1.165) is 27.2 Å². The molecular formula is C21H11Cl2N3. The molecule has 0 atom stereocenters. The maximum Gasteiger partial charge on any atom is 0.164 e. The third-order valence-electron chi connectivity index (χ3n) is 4.44. The molecule has 0 radical (unpaired) electrons. The monoisotopic (exact) mass is 375 g/mol. The molecule has 124 valence electrons. The summed E-state index contributed by atoms with van der Waals surface area (Å²) in [5.41, 5.74) is 2.94. The van der Waals surface area contributed by atoms with E-state index in [1.54, 1.807) is 0 Å². The van der Waals surface area contributed by atoms with E-state index < -0.39 is 0 Å². The first-order valence-electron chi connectivity index (χ1n) is 8.11. The lowest BCUT2D eigenvalue weighted by atomic mass is 10.0. The summed E-state index contributed by atoms with van der Waals surface area (Å²) in [7, 11) is 0. The number of para-hydroxylation sites is 1. The fourth-order valence-corrected chi connectivity index (χ4v) is 3.61. The number of halogens is 2. The number of aliphatic imine (C=N–C) groups is 2. The molecule has 0 unspecified atom stereocenters. The van der Waals surface area contributed by atoms with Gasteiger partial charge in [-0.15, -0.1) is 0 Å². The average molecular weight is 376 g/mol. The van der Waals surface area contributed by atoms with Crippen LogP contribution in [0.5, 0.6) is 0 Å². The molecule has 3 aromatic carbocycles. The fraction of sp³-hybridized carbons (Fsp3) is 0. The summed E-state index contributed by atoms with van der Waals surface area (Å²) >= 11 is 13.1. The topological polar surface area (TPSA) is 37.6 Å². The zero-order chi connectivity index (χ0) is 17.7. The Morgan fingerprint density at radius 3 is 2.04 bits per heavy atom. The van der Waals surface area contributed by atoms with Crippen LogP contribution >= 0.6 is 23.2 Å². The molecule has 1 aromatic heterocycles. The van der Waals surface area contributed by atoms with Crippen molar-refractivity contribution in [3.63, 3.8) is 0 Å². The number of nitrogens with zero attached hydrogens (tertiary/aromatic N) is 3. The quantitative estimate of drug-likeness (QED) is 0.353. The highest BCUT2D eigenvalue weighted by molar-refractivity contribution is 6.72. The minimum atomic E-state index is 0.350. The van der Waals surface area contributed by atoms with Crippen LogP contribution in [0.2, 0.25) is 0 Å². The lowest BCUT2D eigenvalue weighted by molar-refractivity contribution is 1.31. The number of fused-ring (bicyclic) bond motifs is 4. The average Bonchev–Trinajstić information content (AvgIpc) is 2.66. The zero-order valence-electron chi connectivity index (χ0n) is 13.4. The summed E-state index contributed by atoms with van der Waals surface area (Å²) < 4.78 is 0. The lowest BCUT2D eigenvalue weighted by Gasteiger charge is -2.13. The van der Waals surface area contributed by atoms with Crippen molar-refractivity contribution < 1.29 is 0 Å². The molecule has 0 saturated heterocycles. The van der Waals surface area contributed by atoms with E-state index in [2.05, 4.69) is 15.0 Å². The number of pyridine rings is 1. The van der Waals surface area contributed by atoms with E-state index in [1.165, 1.54) is 0 Å². The van der Waals surface area contributed by atoms with Gasteiger partial charge in [-0.1, -0.05) is 65.7 Å². The predicted molar refractivity (Wildman–Crippen MR) is 110 cm³/mol. The van der Waals surface area contributed by atoms with Gasteiger partial charge in [-0.3, -0.25) is 0 Å². The van der Waals surface area contributed by atoms with Crippen molar-refractivity contribution in [1.82, 2.24) is 4.98 Å². The van der Waals surface area contributed by atoms with Crippen LogP contribution in [0, 0.1) is 0 Å². The van der Waals surface area contributed by atoms with E-state index in [9.17, 15) is 0 Å². The van der Waals surface area contributed by atoms with Crippen LogP contribution < -0.4 is 0 Å². The van der Waals surface area contributed by atoms with Gasteiger partial charge in [-0.05, 0) is 35.0 Å². The van der Waals surface area contributed by atoms with Gasteiger partial charge in [0.1, 0.15) is 10.3 Å². The molecule has 5 rings (SSSR count).